The van der Waals surface area contributed by atoms with Crippen molar-refractivity contribution >= 4 is 30.5 Å². The van der Waals surface area contributed by atoms with Crippen LogP contribution in [0.25, 0.3) is 0 Å². The topological polar surface area (TPSA) is 87.7 Å². The van der Waals surface area contributed by atoms with Crippen molar-refractivity contribution in [2.75, 3.05) is 12.3 Å². The smallest absolute Gasteiger partial charge is 0.408 e. The van der Waals surface area contributed by atoms with E-state index in [4.69, 9.17) is 4.74 Å². The number of carbonyl (C=O) groups excluding carboxylic acids is 3. The number of ether oxygens (including phenoxy) is 1. The second-order valence-corrected chi connectivity index (χ2v) is 10.6. The van der Waals surface area contributed by atoms with E-state index in [9.17, 15) is 14.4 Å². The summed E-state index contributed by atoms with van der Waals surface area (Å²) in [6, 6.07) is 4.03. The number of alkyl carbamates (subject to hydrolysis) is 1. The molecule has 34 heavy (non-hydrogen) atoms. The number of benzene rings is 1. The first-order valence-corrected chi connectivity index (χ1v) is 12.8. The zero-order chi connectivity index (χ0) is 25.6. The van der Waals surface area contributed by atoms with Crippen molar-refractivity contribution in [3.05, 3.63) is 34.9 Å². The van der Waals surface area contributed by atoms with E-state index >= 15 is 0 Å². The molecule has 3 amide bonds. The Bertz CT molecular complexity index is 883. The lowest BCUT2D eigenvalue weighted by Gasteiger charge is -2.35. The molecule has 2 N–H and O–H groups in total. The van der Waals surface area contributed by atoms with E-state index in [1.807, 2.05) is 32.0 Å². The van der Waals surface area contributed by atoms with Crippen molar-refractivity contribution in [3.8, 4) is 0 Å². The van der Waals surface area contributed by atoms with Gasteiger partial charge in [0.2, 0.25) is 11.8 Å². The number of unbranched alkanes of at least 4 members (excludes halogenated alkanes) is 1. The molecule has 0 saturated heterocycles. The molecular formula is C26H41N3O4S. The highest BCUT2D eigenvalue weighted by molar-refractivity contribution is 7.80. The molecule has 1 aliphatic carbocycles. The molecule has 4 atom stereocenters. The largest absolute Gasteiger partial charge is 0.444 e. The molecule has 1 aliphatic rings. The van der Waals surface area contributed by atoms with Crippen molar-refractivity contribution in [3.63, 3.8) is 0 Å². The Kier molecular flexibility index (Phi) is 9.85. The zero-order valence-corrected chi connectivity index (χ0v) is 22.5. The minimum Gasteiger partial charge on any atom is -0.444 e. The Morgan fingerprint density at radius 3 is 2.41 bits per heavy atom. The van der Waals surface area contributed by atoms with E-state index < -0.39 is 23.8 Å². The predicted molar refractivity (Wildman–Crippen MR) is 138 cm³/mol. The molecule has 0 spiro atoms. The summed E-state index contributed by atoms with van der Waals surface area (Å²) in [6.07, 6.45) is 1.94. The van der Waals surface area contributed by atoms with Gasteiger partial charge in [-0.25, -0.2) is 4.79 Å². The zero-order valence-electron chi connectivity index (χ0n) is 21.6. The van der Waals surface area contributed by atoms with Gasteiger partial charge in [0.25, 0.3) is 0 Å². The first-order chi connectivity index (χ1) is 15.9. The van der Waals surface area contributed by atoms with Gasteiger partial charge in [-0.2, -0.15) is 12.6 Å². The minimum absolute atomic E-state index is 0.0860. The van der Waals surface area contributed by atoms with E-state index in [1.165, 1.54) is 0 Å². The number of rotatable bonds is 10. The Morgan fingerprint density at radius 2 is 1.88 bits per heavy atom. The molecule has 1 fully saturated rings. The molecule has 0 aliphatic heterocycles. The molecule has 1 saturated carbocycles. The SMILES string of the molecule is CCCCNC(=O)C(c1cccc(C)c1C)N(C(=O)C(CS)NC(=O)OC(C)(C)C)C1CC1C. The standard InChI is InChI=1S/C26H41N3O4S/c1-8-9-13-27-23(30)22(19-12-10-11-16(2)18(19)4)29(21-14-17(21)3)24(31)20(15-34)28-25(32)33-26(5,6)7/h10-12,17,20-22,34H,8-9,13-15H2,1-7H3,(H,27,30)(H,28,32). The van der Waals surface area contributed by atoms with Gasteiger partial charge in [0.05, 0.1) is 0 Å². The van der Waals surface area contributed by atoms with Crippen LogP contribution in [-0.4, -0.2) is 52.8 Å². The van der Waals surface area contributed by atoms with Crippen LogP contribution < -0.4 is 10.6 Å². The molecule has 0 aromatic heterocycles. The summed E-state index contributed by atoms with van der Waals surface area (Å²) in [7, 11) is 0. The number of carbonyl (C=O) groups is 3. The molecule has 4 unspecified atom stereocenters. The van der Waals surface area contributed by atoms with Crippen molar-refractivity contribution < 1.29 is 19.1 Å². The molecule has 8 heteroatoms. The summed E-state index contributed by atoms with van der Waals surface area (Å²) < 4.78 is 5.36. The normalized spacial score (nSPS) is 19.1. The van der Waals surface area contributed by atoms with Gasteiger partial charge in [0.1, 0.15) is 17.7 Å². The van der Waals surface area contributed by atoms with Crippen LogP contribution in [0.1, 0.15) is 76.6 Å². The Balaban J connectivity index is 2.44. The maximum atomic E-state index is 13.9. The molecule has 1 aromatic carbocycles. The van der Waals surface area contributed by atoms with Crippen molar-refractivity contribution in [2.45, 2.75) is 91.5 Å². The number of aryl methyl sites for hydroxylation is 1. The molecule has 1 aromatic rings. The van der Waals surface area contributed by atoms with E-state index in [2.05, 4.69) is 37.1 Å². The molecule has 0 heterocycles. The van der Waals surface area contributed by atoms with Gasteiger partial charge in [-0.15, -0.1) is 0 Å². The van der Waals surface area contributed by atoms with Crippen molar-refractivity contribution in [1.29, 1.82) is 0 Å². The highest BCUT2D eigenvalue weighted by Crippen LogP contribution is 2.41. The number of amides is 3. The Labute approximate surface area is 209 Å². The summed E-state index contributed by atoms with van der Waals surface area (Å²) >= 11 is 4.34. The molecule has 0 bridgehead atoms. The van der Waals surface area contributed by atoms with E-state index in [-0.39, 0.29) is 29.5 Å². The summed E-state index contributed by atoms with van der Waals surface area (Å²) in [5.74, 6) is -0.175. The molecule has 190 valence electrons. The lowest BCUT2D eigenvalue weighted by atomic mass is 9.94. The third-order valence-electron chi connectivity index (χ3n) is 6.15. The minimum atomic E-state index is -0.915. The summed E-state index contributed by atoms with van der Waals surface area (Å²) in [5, 5.41) is 5.69. The van der Waals surface area contributed by atoms with Gasteiger partial charge in [-0.3, -0.25) is 9.59 Å². The van der Waals surface area contributed by atoms with E-state index in [1.54, 1.807) is 25.7 Å². The van der Waals surface area contributed by atoms with Crippen LogP contribution >= 0.6 is 12.6 Å². The molecule has 7 nitrogen and oxygen atoms in total. The third kappa shape index (κ3) is 7.39. The van der Waals surface area contributed by atoms with Crippen LogP contribution in [0, 0.1) is 19.8 Å². The van der Waals surface area contributed by atoms with Crippen LogP contribution in [0.4, 0.5) is 4.79 Å². The summed E-state index contributed by atoms with van der Waals surface area (Å²) in [5.41, 5.74) is 2.14. The van der Waals surface area contributed by atoms with Gasteiger partial charge >= 0.3 is 6.09 Å². The first kappa shape index (κ1) is 28.0. The second kappa shape index (κ2) is 12.0. The maximum absolute atomic E-state index is 13.9. The van der Waals surface area contributed by atoms with Gasteiger partial charge in [0.15, 0.2) is 0 Å². The second-order valence-electron chi connectivity index (χ2n) is 10.2. The number of nitrogens with one attached hydrogen (secondary N) is 2. The quantitative estimate of drug-likeness (QED) is 0.336. The average Bonchev–Trinajstić information content (AvgIpc) is 3.46. The monoisotopic (exact) mass is 491 g/mol. The van der Waals surface area contributed by atoms with Crippen molar-refractivity contribution in [1.82, 2.24) is 15.5 Å². The highest BCUT2D eigenvalue weighted by Gasteiger charge is 2.48. The lowest BCUT2D eigenvalue weighted by Crippen LogP contribution is -2.55. The number of thiol groups is 1. The van der Waals surface area contributed by atoms with Gasteiger partial charge in [-0.05, 0) is 70.1 Å². The summed E-state index contributed by atoms with van der Waals surface area (Å²) in [6.45, 7) is 13.9. The van der Waals surface area contributed by atoms with Crippen LogP contribution in [0.5, 0.6) is 0 Å². The molecular weight excluding hydrogens is 450 g/mol. The Morgan fingerprint density at radius 1 is 1.24 bits per heavy atom. The third-order valence-corrected chi connectivity index (χ3v) is 6.51. The molecule has 2 rings (SSSR count). The fourth-order valence-corrected chi connectivity index (χ4v) is 4.21. The van der Waals surface area contributed by atoms with Gasteiger partial charge in [-0.1, -0.05) is 38.5 Å². The lowest BCUT2D eigenvalue weighted by molar-refractivity contribution is -0.143. The fourth-order valence-electron chi connectivity index (χ4n) is 3.96. The predicted octanol–water partition coefficient (Wildman–Crippen LogP) is 4.32. The first-order valence-electron chi connectivity index (χ1n) is 12.2. The molecule has 0 radical (unpaired) electrons. The number of hydrogen-bond donors (Lipinski definition) is 3. The van der Waals surface area contributed by atoms with E-state index in [0.717, 1.165) is 36.0 Å². The Hall–Kier alpha value is -2.22. The number of hydrogen-bond acceptors (Lipinski definition) is 5. The fraction of sp³-hybridized carbons (Fsp3) is 0.654. The van der Waals surface area contributed by atoms with Gasteiger partial charge in [0, 0.05) is 18.3 Å². The van der Waals surface area contributed by atoms with Gasteiger partial charge < -0.3 is 20.3 Å². The average molecular weight is 492 g/mol. The van der Waals surface area contributed by atoms with Crippen LogP contribution in [0.2, 0.25) is 0 Å². The summed E-state index contributed by atoms with van der Waals surface area (Å²) in [4.78, 5) is 41.5. The maximum Gasteiger partial charge on any atom is 0.408 e. The number of nitrogens with zero attached hydrogens (tertiary/aromatic N) is 1. The van der Waals surface area contributed by atoms with Crippen LogP contribution in [0.3, 0.4) is 0 Å². The van der Waals surface area contributed by atoms with E-state index in [0.29, 0.717) is 6.54 Å². The van der Waals surface area contributed by atoms with Crippen LogP contribution in [0.15, 0.2) is 18.2 Å². The highest BCUT2D eigenvalue weighted by atomic mass is 32.1. The van der Waals surface area contributed by atoms with Crippen LogP contribution in [-0.2, 0) is 14.3 Å². The van der Waals surface area contributed by atoms with Crippen molar-refractivity contribution in [2.24, 2.45) is 5.92 Å².